The zero-order valence-corrected chi connectivity index (χ0v) is 9.51. The summed E-state index contributed by atoms with van der Waals surface area (Å²) in [5.74, 6) is 0.603. The summed E-state index contributed by atoms with van der Waals surface area (Å²) in [6.07, 6.45) is 7.04. The molecule has 0 aliphatic heterocycles. The van der Waals surface area contributed by atoms with Gasteiger partial charge >= 0.3 is 0 Å². The Morgan fingerprint density at radius 1 is 1.43 bits per heavy atom. The van der Waals surface area contributed by atoms with Gasteiger partial charge in [0.25, 0.3) is 0 Å². The molecule has 1 N–H and O–H groups in total. The van der Waals surface area contributed by atoms with E-state index < -0.39 is 0 Å². The second-order valence-corrected chi connectivity index (χ2v) is 3.69. The highest BCUT2D eigenvalue weighted by Gasteiger charge is 2.05. The summed E-state index contributed by atoms with van der Waals surface area (Å²) in [4.78, 5) is 11.2. The van der Waals surface area contributed by atoms with E-state index in [4.69, 9.17) is 0 Å². The summed E-state index contributed by atoms with van der Waals surface area (Å²) >= 11 is 0. The summed E-state index contributed by atoms with van der Waals surface area (Å²) < 4.78 is 0. The van der Waals surface area contributed by atoms with Gasteiger partial charge in [-0.3, -0.25) is 4.79 Å². The molecule has 0 heterocycles. The van der Waals surface area contributed by atoms with Crippen molar-refractivity contribution >= 4 is 5.91 Å². The molecule has 0 aromatic carbocycles. The molecule has 0 radical (unpaired) electrons. The third-order valence-corrected chi connectivity index (χ3v) is 2.30. The van der Waals surface area contributed by atoms with Gasteiger partial charge in [-0.2, -0.15) is 0 Å². The molecule has 1 amide bonds. The molecule has 0 rings (SSSR count). The van der Waals surface area contributed by atoms with Crippen LogP contribution in [0.25, 0.3) is 0 Å². The lowest BCUT2D eigenvalue weighted by molar-refractivity contribution is -0.121. The first kappa shape index (κ1) is 13.2. The van der Waals surface area contributed by atoms with E-state index in [0.717, 1.165) is 19.4 Å². The highest BCUT2D eigenvalue weighted by Crippen LogP contribution is 2.08. The Balaban J connectivity index is 3.60. The molecule has 0 saturated heterocycles. The monoisotopic (exact) mass is 197 g/mol. The van der Waals surface area contributed by atoms with Crippen LogP contribution in [0.2, 0.25) is 0 Å². The summed E-state index contributed by atoms with van der Waals surface area (Å²) in [7, 11) is 0. The van der Waals surface area contributed by atoms with Gasteiger partial charge in [0.1, 0.15) is 0 Å². The fraction of sp³-hybridized carbons (Fsp3) is 0.750. The van der Waals surface area contributed by atoms with Crippen LogP contribution < -0.4 is 5.32 Å². The number of hydrogen-bond donors (Lipinski definition) is 1. The van der Waals surface area contributed by atoms with Crippen molar-refractivity contribution < 1.29 is 4.79 Å². The molecular formula is C12H23NO. The van der Waals surface area contributed by atoms with Crippen LogP contribution in [-0.4, -0.2) is 12.5 Å². The number of rotatable bonds is 8. The van der Waals surface area contributed by atoms with Crippen molar-refractivity contribution in [3.05, 3.63) is 12.7 Å². The Morgan fingerprint density at radius 3 is 2.64 bits per heavy atom. The number of hydrogen-bond acceptors (Lipinski definition) is 1. The second-order valence-electron chi connectivity index (χ2n) is 3.69. The van der Waals surface area contributed by atoms with Gasteiger partial charge in [0.2, 0.25) is 5.91 Å². The predicted molar refractivity (Wildman–Crippen MR) is 61.1 cm³/mol. The van der Waals surface area contributed by atoms with Gasteiger partial charge in [-0.25, -0.2) is 0 Å². The normalized spacial score (nSPS) is 12.1. The second kappa shape index (κ2) is 8.79. The highest BCUT2D eigenvalue weighted by molar-refractivity contribution is 5.75. The van der Waals surface area contributed by atoms with E-state index in [1.54, 1.807) is 0 Å². The van der Waals surface area contributed by atoms with Crippen LogP contribution in [0.5, 0.6) is 0 Å². The maximum Gasteiger partial charge on any atom is 0.220 e. The van der Waals surface area contributed by atoms with Gasteiger partial charge in [-0.1, -0.05) is 32.8 Å². The molecule has 0 saturated carbocycles. The number of carbonyl (C=O) groups excluding carboxylic acids is 1. The minimum Gasteiger partial charge on any atom is -0.356 e. The van der Waals surface area contributed by atoms with Gasteiger partial charge in [-0.05, 0) is 18.8 Å². The minimum atomic E-state index is 0.163. The Kier molecular flexibility index (Phi) is 8.30. The third-order valence-electron chi connectivity index (χ3n) is 2.30. The molecule has 0 aromatic heterocycles. The molecular weight excluding hydrogens is 174 g/mol. The smallest absolute Gasteiger partial charge is 0.220 e. The maximum atomic E-state index is 11.2. The Labute approximate surface area is 87.8 Å². The van der Waals surface area contributed by atoms with Gasteiger partial charge in [0.15, 0.2) is 0 Å². The van der Waals surface area contributed by atoms with E-state index in [1.165, 1.54) is 12.8 Å². The van der Waals surface area contributed by atoms with Crippen molar-refractivity contribution in [1.82, 2.24) is 5.32 Å². The topological polar surface area (TPSA) is 29.1 Å². The lowest BCUT2D eigenvalue weighted by Crippen LogP contribution is -2.28. The highest BCUT2D eigenvalue weighted by atomic mass is 16.1. The fourth-order valence-electron chi connectivity index (χ4n) is 1.33. The van der Waals surface area contributed by atoms with Crippen molar-refractivity contribution in [1.29, 1.82) is 0 Å². The van der Waals surface area contributed by atoms with E-state index in [2.05, 4.69) is 18.8 Å². The van der Waals surface area contributed by atoms with Crippen molar-refractivity contribution in [2.45, 2.75) is 46.0 Å². The summed E-state index contributed by atoms with van der Waals surface area (Å²) in [6.45, 7) is 8.73. The first-order chi connectivity index (χ1) is 6.74. The number of unbranched alkanes of at least 4 members (excludes halogenated alkanes) is 1. The van der Waals surface area contributed by atoms with Crippen LogP contribution in [0.4, 0.5) is 0 Å². The molecule has 0 aliphatic carbocycles. The van der Waals surface area contributed by atoms with Crippen molar-refractivity contribution in [3.63, 3.8) is 0 Å². The summed E-state index contributed by atoms with van der Waals surface area (Å²) in [5.41, 5.74) is 0. The third kappa shape index (κ3) is 6.70. The van der Waals surface area contributed by atoms with Crippen LogP contribution in [0, 0.1) is 5.92 Å². The molecule has 0 aliphatic rings. The van der Waals surface area contributed by atoms with Crippen molar-refractivity contribution in [2.75, 3.05) is 6.54 Å². The van der Waals surface area contributed by atoms with Crippen LogP contribution in [0.3, 0.4) is 0 Å². The average Bonchev–Trinajstić information content (AvgIpc) is 2.19. The molecule has 82 valence electrons. The largest absolute Gasteiger partial charge is 0.356 e. The number of amides is 1. The molecule has 2 heteroatoms. The Hall–Kier alpha value is -0.790. The summed E-state index contributed by atoms with van der Waals surface area (Å²) in [6, 6.07) is 0. The van der Waals surface area contributed by atoms with Crippen molar-refractivity contribution in [3.8, 4) is 0 Å². The first-order valence-electron chi connectivity index (χ1n) is 5.63. The zero-order chi connectivity index (χ0) is 10.8. The quantitative estimate of drug-likeness (QED) is 0.596. The summed E-state index contributed by atoms with van der Waals surface area (Å²) in [5, 5.41) is 2.93. The molecule has 1 unspecified atom stereocenters. The lowest BCUT2D eigenvalue weighted by Gasteiger charge is -2.12. The minimum absolute atomic E-state index is 0.163. The molecule has 2 nitrogen and oxygen atoms in total. The van der Waals surface area contributed by atoms with E-state index in [9.17, 15) is 4.79 Å². The van der Waals surface area contributed by atoms with Crippen LogP contribution in [-0.2, 0) is 4.79 Å². The average molecular weight is 197 g/mol. The van der Waals surface area contributed by atoms with Gasteiger partial charge in [-0.15, -0.1) is 6.58 Å². The van der Waals surface area contributed by atoms with Crippen molar-refractivity contribution in [2.24, 2.45) is 5.92 Å². The first-order valence-corrected chi connectivity index (χ1v) is 5.63. The molecule has 14 heavy (non-hydrogen) atoms. The molecule has 0 bridgehead atoms. The van der Waals surface area contributed by atoms with E-state index in [-0.39, 0.29) is 5.91 Å². The van der Waals surface area contributed by atoms with Crippen LogP contribution in [0.1, 0.15) is 46.0 Å². The standard InChI is InChI=1S/C12H23NO/c1-4-7-9-11(6-3)10-13-12(14)8-5-2/h6,11H,3-5,7-10H2,1-2H3,(H,13,14). The molecule has 0 fully saturated rings. The van der Waals surface area contributed by atoms with Gasteiger partial charge in [0, 0.05) is 13.0 Å². The molecule has 0 spiro atoms. The number of carbonyl (C=O) groups is 1. The van der Waals surface area contributed by atoms with E-state index in [0.29, 0.717) is 12.3 Å². The predicted octanol–water partition coefficient (Wildman–Crippen LogP) is 2.90. The SMILES string of the molecule is C=CC(CCCC)CNC(=O)CCC. The van der Waals surface area contributed by atoms with E-state index in [1.807, 2.05) is 13.0 Å². The maximum absolute atomic E-state index is 11.2. The molecule has 1 atom stereocenters. The van der Waals surface area contributed by atoms with Gasteiger partial charge < -0.3 is 5.32 Å². The van der Waals surface area contributed by atoms with Gasteiger partial charge in [0.05, 0.1) is 0 Å². The Bertz CT molecular complexity index is 166. The lowest BCUT2D eigenvalue weighted by atomic mass is 10.0. The molecule has 0 aromatic rings. The fourth-order valence-corrected chi connectivity index (χ4v) is 1.33. The van der Waals surface area contributed by atoms with E-state index >= 15 is 0 Å². The van der Waals surface area contributed by atoms with Crippen LogP contribution in [0.15, 0.2) is 12.7 Å². The van der Waals surface area contributed by atoms with Crippen LogP contribution >= 0.6 is 0 Å². The zero-order valence-electron chi connectivity index (χ0n) is 9.51. The Morgan fingerprint density at radius 2 is 2.14 bits per heavy atom. The number of nitrogens with one attached hydrogen (secondary N) is 1.